The predicted molar refractivity (Wildman–Crippen MR) is 62.5 cm³/mol. The van der Waals surface area contributed by atoms with Crippen LogP contribution in [0.1, 0.15) is 12.0 Å². The first-order valence-electron chi connectivity index (χ1n) is 5.85. The SMILES string of the molecule is O=C(O)CC1CN(CC(F)(F)c2ccccc2)C1. The zero-order valence-corrected chi connectivity index (χ0v) is 9.85. The lowest BCUT2D eigenvalue weighted by Crippen LogP contribution is -2.51. The minimum Gasteiger partial charge on any atom is -0.481 e. The van der Waals surface area contributed by atoms with Crippen molar-refractivity contribution in [3.63, 3.8) is 0 Å². The van der Waals surface area contributed by atoms with Gasteiger partial charge in [0.1, 0.15) is 0 Å². The lowest BCUT2D eigenvalue weighted by molar-refractivity contribution is -0.140. The summed E-state index contributed by atoms with van der Waals surface area (Å²) in [4.78, 5) is 12.0. The van der Waals surface area contributed by atoms with Gasteiger partial charge in [0.15, 0.2) is 0 Å². The van der Waals surface area contributed by atoms with Gasteiger partial charge in [-0.05, 0) is 5.92 Å². The molecule has 0 saturated carbocycles. The Morgan fingerprint density at radius 1 is 1.33 bits per heavy atom. The Bertz CT molecular complexity index is 416. The molecule has 98 valence electrons. The van der Waals surface area contributed by atoms with Crippen molar-refractivity contribution in [1.82, 2.24) is 4.90 Å². The van der Waals surface area contributed by atoms with Gasteiger partial charge in [-0.15, -0.1) is 0 Å². The van der Waals surface area contributed by atoms with Gasteiger partial charge in [-0.3, -0.25) is 9.69 Å². The smallest absolute Gasteiger partial charge is 0.303 e. The van der Waals surface area contributed by atoms with Crippen LogP contribution >= 0.6 is 0 Å². The molecule has 0 bridgehead atoms. The van der Waals surface area contributed by atoms with E-state index >= 15 is 0 Å². The summed E-state index contributed by atoms with van der Waals surface area (Å²) >= 11 is 0. The number of hydrogen-bond donors (Lipinski definition) is 1. The highest BCUT2D eigenvalue weighted by molar-refractivity contribution is 5.67. The Balaban J connectivity index is 1.86. The van der Waals surface area contributed by atoms with Gasteiger partial charge in [0, 0.05) is 18.7 Å². The highest BCUT2D eigenvalue weighted by Gasteiger charge is 2.38. The number of halogens is 2. The highest BCUT2D eigenvalue weighted by atomic mass is 19.3. The molecule has 3 nitrogen and oxygen atoms in total. The van der Waals surface area contributed by atoms with Crippen molar-refractivity contribution in [3.8, 4) is 0 Å². The lowest BCUT2D eigenvalue weighted by Gasteiger charge is -2.40. The zero-order valence-electron chi connectivity index (χ0n) is 9.85. The molecular formula is C13H15F2NO2. The average Bonchev–Trinajstić information content (AvgIpc) is 2.26. The molecular weight excluding hydrogens is 240 g/mol. The summed E-state index contributed by atoms with van der Waals surface area (Å²) in [7, 11) is 0. The Hall–Kier alpha value is -1.49. The number of alkyl halides is 2. The molecule has 0 aliphatic carbocycles. The van der Waals surface area contributed by atoms with Crippen LogP contribution in [0.2, 0.25) is 0 Å². The van der Waals surface area contributed by atoms with E-state index in [0.29, 0.717) is 13.1 Å². The van der Waals surface area contributed by atoms with Crippen LogP contribution in [0.4, 0.5) is 8.78 Å². The fraction of sp³-hybridized carbons (Fsp3) is 0.462. The van der Waals surface area contributed by atoms with Crippen molar-refractivity contribution < 1.29 is 18.7 Å². The maximum atomic E-state index is 13.9. The highest BCUT2D eigenvalue weighted by Crippen LogP contribution is 2.31. The van der Waals surface area contributed by atoms with Gasteiger partial charge in [-0.25, -0.2) is 0 Å². The summed E-state index contributed by atoms with van der Waals surface area (Å²) in [5.74, 6) is -3.74. The molecule has 1 N–H and O–H groups in total. The third-order valence-corrected chi connectivity index (χ3v) is 3.11. The first-order chi connectivity index (χ1) is 8.47. The Morgan fingerprint density at radius 2 is 1.94 bits per heavy atom. The Kier molecular flexibility index (Phi) is 3.61. The second-order valence-corrected chi connectivity index (χ2v) is 4.73. The van der Waals surface area contributed by atoms with Crippen LogP contribution in [0, 0.1) is 5.92 Å². The van der Waals surface area contributed by atoms with Crippen molar-refractivity contribution in [3.05, 3.63) is 35.9 Å². The van der Waals surface area contributed by atoms with Crippen molar-refractivity contribution in [1.29, 1.82) is 0 Å². The monoisotopic (exact) mass is 255 g/mol. The third-order valence-electron chi connectivity index (χ3n) is 3.11. The van der Waals surface area contributed by atoms with Crippen LogP contribution < -0.4 is 0 Å². The maximum absolute atomic E-state index is 13.9. The van der Waals surface area contributed by atoms with Gasteiger partial charge >= 0.3 is 5.97 Å². The summed E-state index contributed by atoms with van der Waals surface area (Å²) in [5, 5.41) is 8.58. The number of hydrogen-bond acceptors (Lipinski definition) is 2. The lowest BCUT2D eigenvalue weighted by atomic mass is 9.95. The fourth-order valence-corrected chi connectivity index (χ4v) is 2.24. The second kappa shape index (κ2) is 5.02. The van der Waals surface area contributed by atoms with Crippen LogP contribution in [0.25, 0.3) is 0 Å². The molecule has 2 rings (SSSR count). The number of carbonyl (C=O) groups is 1. The third kappa shape index (κ3) is 3.04. The van der Waals surface area contributed by atoms with Crippen molar-refractivity contribution in [2.75, 3.05) is 19.6 Å². The van der Waals surface area contributed by atoms with E-state index in [1.807, 2.05) is 0 Å². The van der Waals surface area contributed by atoms with E-state index in [0.717, 1.165) is 0 Å². The number of benzene rings is 1. The number of likely N-dealkylation sites (tertiary alicyclic amines) is 1. The van der Waals surface area contributed by atoms with E-state index in [1.54, 1.807) is 23.1 Å². The molecule has 0 spiro atoms. The molecule has 18 heavy (non-hydrogen) atoms. The van der Waals surface area contributed by atoms with E-state index in [-0.39, 0.29) is 24.4 Å². The molecule has 0 unspecified atom stereocenters. The molecule has 1 fully saturated rings. The van der Waals surface area contributed by atoms with Crippen LogP contribution in [-0.4, -0.2) is 35.6 Å². The van der Waals surface area contributed by atoms with Crippen LogP contribution in [0.5, 0.6) is 0 Å². The van der Waals surface area contributed by atoms with E-state index in [2.05, 4.69) is 0 Å². The number of aliphatic carboxylic acids is 1. The minimum atomic E-state index is -2.88. The summed E-state index contributed by atoms with van der Waals surface area (Å²) in [6.07, 6.45) is 0.0629. The average molecular weight is 255 g/mol. The van der Waals surface area contributed by atoms with E-state index in [1.165, 1.54) is 12.1 Å². The van der Waals surface area contributed by atoms with Crippen LogP contribution in [0.3, 0.4) is 0 Å². The van der Waals surface area contributed by atoms with Crippen molar-refractivity contribution in [2.24, 2.45) is 5.92 Å². The van der Waals surface area contributed by atoms with Gasteiger partial charge < -0.3 is 5.11 Å². The normalized spacial score (nSPS) is 17.4. The molecule has 0 amide bonds. The predicted octanol–water partition coefficient (Wildman–Crippen LogP) is 2.18. The van der Waals surface area contributed by atoms with Gasteiger partial charge in [-0.2, -0.15) is 8.78 Å². The number of carboxylic acids is 1. The first-order valence-corrected chi connectivity index (χ1v) is 5.85. The molecule has 0 atom stereocenters. The second-order valence-electron chi connectivity index (χ2n) is 4.73. The Morgan fingerprint density at radius 3 is 2.50 bits per heavy atom. The topological polar surface area (TPSA) is 40.5 Å². The molecule has 0 aromatic heterocycles. The molecule has 5 heteroatoms. The summed E-state index contributed by atoms with van der Waals surface area (Å²) in [6, 6.07) is 7.70. The fourth-order valence-electron chi connectivity index (χ4n) is 2.24. The minimum absolute atomic E-state index is 0.00619. The van der Waals surface area contributed by atoms with Gasteiger partial charge in [-0.1, -0.05) is 30.3 Å². The van der Waals surface area contributed by atoms with E-state index in [9.17, 15) is 13.6 Å². The molecule has 0 radical (unpaired) electrons. The summed E-state index contributed by atoms with van der Waals surface area (Å²) in [5.41, 5.74) is 0.00619. The quantitative estimate of drug-likeness (QED) is 0.876. The summed E-state index contributed by atoms with van der Waals surface area (Å²) < 4.78 is 27.7. The van der Waals surface area contributed by atoms with Crippen molar-refractivity contribution in [2.45, 2.75) is 12.3 Å². The van der Waals surface area contributed by atoms with Gasteiger partial charge in [0.2, 0.25) is 0 Å². The van der Waals surface area contributed by atoms with Gasteiger partial charge in [0.25, 0.3) is 5.92 Å². The summed E-state index contributed by atoms with van der Waals surface area (Å²) in [6.45, 7) is 0.538. The molecule has 1 aromatic carbocycles. The van der Waals surface area contributed by atoms with Crippen LogP contribution in [-0.2, 0) is 10.7 Å². The molecule has 1 heterocycles. The van der Waals surface area contributed by atoms with E-state index < -0.39 is 11.9 Å². The largest absolute Gasteiger partial charge is 0.481 e. The zero-order chi connectivity index (χ0) is 13.2. The standard InChI is InChI=1S/C13H15F2NO2/c14-13(15,11-4-2-1-3-5-11)9-16-7-10(8-16)6-12(17)18/h1-5,10H,6-9H2,(H,17,18). The number of nitrogens with zero attached hydrogens (tertiary/aromatic N) is 1. The molecule has 1 aliphatic heterocycles. The first kappa shape index (κ1) is 13.0. The Labute approximate surface area is 104 Å². The molecule has 1 saturated heterocycles. The van der Waals surface area contributed by atoms with Crippen LogP contribution in [0.15, 0.2) is 30.3 Å². The maximum Gasteiger partial charge on any atom is 0.303 e. The number of carboxylic acid groups (broad SMARTS) is 1. The van der Waals surface area contributed by atoms with Gasteiger partial charge in [0.05, 0.1) is 13.0 Å². The number of rotatable bonds is 5. The molecule has 1 aromatic rings. The van der Waals surface area contributed by atoms with E-state index in [4.69, 9.17) is 5.11 Å². The van der Waals surface area contributed by atoms with Crippen molar-refractivity contribution >= 4 is 5.97 Å². The molecule has 1 aliphatic rings.